The van der Waals surface area contributed by atoms with Crippen molar-refractivity contribution in [2.75, 3.05) is 17.3 Å². The number of amides is 3. The molecular weight excluding hydrogens is 437 g/mol. The number of nitrogens with one attached hydrogen (secondary N) is 1. The Balaban J connectivity index is 1.69. The van der Waals surface area contributed by atoms with Crippen LogP contribution in [-0.2, 0) is 11.3 Å². The maximum Gasteiger partial charge on any atom is 0.573 e. The molecule has 0 bridgehead atoms. The number of benzene rings is 2. The number of para-hydroxylation sites is 1. The number of nitrogens with zero attached hydrogens (tertiary/aromatic N) is 3. The number of fused-ring (bicyclic) bond motifs is 1. The highest BCUT2D eigenvalue weighted by Gasteiger charge is 2.52. The molecule has 1 aliphatic rings. The number of alkyl halides is 3. The third-order valence-corrected chi connectivity index (χ3v) is 5.62. The van der Waals surface area contributed by atoms with Gasteiger partial charge in [-0.25, -0.2) is 9.69 Å². The number of aromatic nitrogens is 1. The smallest absolute Gasteiger partial charge is 0.406 e. The van der Waals surface area contributed by atoms with E-state index in [1.807, 2.05) is 24.3 Å². The van der Waals surface area contributed by atoms with E-state index in [1.165, 1.54) is 17.0 Å². The third-order valence-electron chi connectivity index (χ3n) is 5.62. The van der Waals surface area contributed by atoms with Crippen molar-refractivity contribution in [1.82, 2.24) is 9.88 Å². The van der Waals surface area contributed by atoms with Gasteiger partial charge in [0.1, 0.15) is 11.3 Å². The Bertz CT molecular complexity index is 1230. The molecule has 0 atom stereocenters. The molecule has 1 N–H and O–H groups in total. The lowest BCUT2D eigenvalue weighted by molar-refractivity contribution is -0.274. The van der Waals surface area contributed by atoms with Gasteiger partial charge < -0.3 is 15.0 Å². The van der Waals surface area contributed by atoms with E-state index in [-0.39, 0.29) is 12.2 Å². The summed E-state index contributed by atoms with van der Waals surface area (Å²) in [7, 11) is 1.74. The van der Waals surface area contributed by atoms with Gasteiger partial charge in [0, 0.05) is 18.0 Å². The van der Waals surface area contributed by atoms with E-state index >= 15 is 0 Å². The highest BCUT2D eigenvalue weighted by atomic mass is 19.4. The van der Waals surface area contributed by atoms with Gasteiger partial charge in [-0.15, -0.1) is 13.2 Å². The number of ether oxygens (including phenoxy) is 1. The van der Waals surface area contributed by atoms with Crippen LogP contribution in [0.1, 0.15) is 19.4 Å². The van der Waals surface area contributed by atoms with Crippen molar-refractivity contribution in [3.63, 3.8) is 0 Å². The molecule has 1 saturated heterocycles. The quantitative estimate of drug-likeness (QED) is 0.550. The fraction of sp³-hybridized carbons (Fsp3) is 0.261. The molecule has 33 heavy (non-hydrogen) atoms. The first-order valence-corrected chi connectivity index (χ1v) is 10.1. The first-order chi connectivity index (χ1) is 15.5. The Hall–Kier alpha value is -3.82. The first-order valence-electron chi connectivity index (χ1n) is 10.1. The zero-order valence-corrected chi connectivity index (χ0v) is 18.1. The Labute approximate surface area is 187 Å². The number of carbonyl (C=O) groups is 2. The fourth-order valence-corrected chi connectivity index (χ4v) is 3.87. The summed E-state index contributed by atoms with van der Waals surface area (Å²) in [6.45, 7) is 3.40. The summed E-state index contributed by atoms with van der Waals surface area (Å²) < 4.78 is 41.2. The van der Waals surface area contributed by atoms with Gasteiger partial charge in [0.2, 0.25) is 0 Å². The van der Waals surface area contributed by atoms with E-state index in [0.717, 1.165) is 39.2 Å². The molecule has 2 aromatic carbocycles. The largest absolute Gasteiger partial charge is 0.573 e. The molecule has 172 valence electrons. The molecule has 3 amide bonds. The van der Waals surface area contributed by atoms with Gasteiger partial charge in [0.15, 0.2) is 0 Å². The number of halogens is 3. The van der Waals surface area contributed by atoms with Crippen molar-refractivity contribution in [3.05, 3.63) is 60.3 Å². The molecule has 1 fully saturated rings. The van der Waals surface area contributed by atoms with E-state index in [9.17, 15) is 22.8 Å². The van der Waals surface area contributed by atoms with Crippen LogP contribution >= 0.6 is 0 Å². The first kappa shape index (κ1) is 22.4. The second-order valence-corrected chi connectivity index (χ2v) is 8.03. The standard InChI is InChI=1S/C23H21F3N4O3/c1-22(2)20(31)30(14-8-10-15(11-9-14)33-23(24,25)26)21(32)29(22)13-17-16-6-4-5-7-18(16)28-12-19(17)27-3/h4-12,27H,13H2,1-3H3. The summed E-state index contributed by atoms with van der Waals surface area (Å²) in [5.41, 5.74) is 1.24. The van der Waals surface area contributed by atoms with Crippen molar-refractivity contribution < 1.29 is 27.5 Å². The number of urea groups is 1. The highest BCUT2D eigenvalue weighted by Crippen LogP contribution is 2.36. The number of pyridine rings is 1. The predicted octanol–water partition coefficient (Wildman–Crippen LogP) is 4.92. The molecule has 0 saturated carbocycles. The summed E-state index contributed by atoms with van der Waals surface area (Å²) in [5, 5.41) is 3.92. The van der Waals surface area contributed by atoms with E-state index in [0.29, 0.717) is 0 Å². The summed E-state index contributed by atoms with van der Waals surface area (Å²) in [6.07, 6.45) is -3.16. The second-order valence-electron chi connectivity index (χ2n) is 8.03. The molecule has 4 rings (SSSR count). The van der Waals surface area contributed by atoms with E-state index in [4.69, 9.17) is 0 Å². The van der Waals surface area contributed by atoms with Crippen LogP contribution in [0.5, 0.6) is 5.75 Å². The SMILES string of the molecule is CNc1cnc2ccccc2c1CN1C(=O)N(c2ccc(OC(F)(F)F)cc2)C(=O)C1(C)C. The minimum absolute atomic E-state index is 0.128. The van der Waals surface area contributed by atoms with Crippen LogP contribution in [-0.4, -0.2) is 40.8 Å². The van der Waals surface area contributed by atoms with E-state index in [2.05, 4.69) is 15.0 Å². The van der Waals surface area contributed by atoms with Gasteiger partial charge in [0.25, 0.3) is 5.91 Å². The molecule has 0 spiro atoms. The molecule has 7 nitrogen and oxygen atoms in total. The van der Waals surface area contributed by atoms with Crippen molar-refractivity contribution in [2.45, 2.75) is 32.3 Å². The van der Waals surface area contributed by atoms with Crippen LogP contribution in [0.3, 0.4) is 0 Å². The molecule has 0 aliphatic carbocycles. The molecule has 3 aromatic rings. The zero-order chi connectivity index (χ0) is 24.0. The van der Waals surface area contributed by atoms with Gasteiger partial charge in [-0.05, 0) is 44.2 Å². The van der Waals surface area contributed by atoms with E-state index < -0.39 is 29.6 Å². The number of hydrogen-bond acceptors (Lipinski definition) is 5. The van der Waals surface area contributed by atoms with Crippen molar-refractivity contribution >= 4 is 34.2 Å². The average molecular weight is 458 g/mol. The summed E-state index contributed by atoms with van der Waals surface area (Å²) in [4.78, 5) is 33.4. The minimum Gasteiger partial charge on any atom is -0.406 e. The van der Waals surface area contributed by atoms with Gasteiger partial charge in [0.05, 0.1) is 29.6 Å². The Morgan fingerprint density at radius 2 is 1.73 bits per heavy atom. The summed E-state index contributed by atoms with van der Waals surface area (Å²) in [6, 6.07) is 11.5. The topological polar surface area (TPSA) is 74.8 Å². The zero-order valence-electron chi connectivity index (χ0n) is 18.1. The van der Waals surface area contributed by atoms with Gasteiger partial charge in [-0.2, -0.15) is 0 Å². The molecule has 10 heteroatoms. The predicted molar refractivity (Wildman–Crippen MR) is 117 cm³/mol. The number of carbonyl (C=O) groups excluding carboxylic acids is 2. The van der Waals surface area contributed by atoms with Gasteiger partial charge >= 0.3 is 12.4 Å². The summed E-state index contributed by atoms with van der Waals surface area (Å²) >= 11 is 0. The highest BCUT2D eigenvalue weighted by molar-refractivity contribution is 6.23. The maximum absolute atomic E-state index is 13.4. The van der Waals surface area contributed by atoms with Gasteiger partial charge in [-0.1, -0.05) is 18.2 Å². The third kappa shape index (κ3) is 4.04. The monoisotopic (exact) mass is 458 g/mol. The number of hydrogen-bond donors (Lipinski definition) is 1. The molecule has 0 radical (unpaired) electrons. The average Bonchev–Trinajstić information content (AvgIpc) is 2.93. The lowest BCUT2D eigenvalue weighted by atomic mass is 10.0. The molecule has 1 aliphatic heterocycles. The normalized spacial score (nSPS) is 15.9. The molecular formula is C23H21F3N4O3. The molecule has 0 unspecified atom stereocenters. The number of rotatable bonds is 5. The van der Waals surface area contributed by atoms with Crippen LogP contribution in [0.2, 0.25) is 0 Å². The minimum atomic E-state index is -4.84. The second kappa shape index (κ2) is 7.95. The van der Waals surface area contributed by atoms with Crippen molar-refractivity contribution in [3.8, 4) is 5.75 Å². The van der Waals surface area contributed by atoms with Crippen LogP contribution < -0.4 is 15.0 Å². The van der Waals surface area contributed by atoms with Crippen LogP contribution in [0.25, 0.3) is 10.9 Å². The van der Waals surface area contributed by atoms with Crippen LogP contribution in [0.15, 0.2) is 54.7 Å². The number of anilines is 2. The lowest BCUT2D eigenvalue weighted by Crippen LogP contribution is -2.43. The lowest BCUT2D eigenvalue weighted by Gasteiger charge is -2.29. The van der Waals surface area contributed by atoms with Crippen LogP contribution in [0.4, 0.5) is 29.3 Å². The Morgan fingerprint density at radius 1 is 1.06 bits per heavy atom. The number of imide groups is 1. The fourth-order valence-electron chi connectivity index (χ4n) is 3.87. The van der Waals surface area contributed by atoms with Crippen molar-refractivity contribution in [2.24, 2.45) is 0 Å². The van der Waals surface area contributed by atoms with Gasteiger partial charge in [-0.3, -0.25) is 9.78 Å². The maximum atomic E-state index is 13.4. The Kier molecular flexibility index (Phi) is 5.39. The summed E-state index contributed by atoms with van der Waals surface area (Å²) in [5.74, 6) is -0.926. The molecule has 1 aromatic heterocycles. The Morgan fingerprint density at radius 3 is 2.36 bits per heavy atom. The van der Waals surface area contributed by atoms with E-state index in [1.54, 1.807) is 27.1 Å². The van der Waals surface area contributed by atoms with Crippen LogP contribution in [0, 0.1) is 0 Å². The van der Waals surface area contributed by atoms with Crippen molar-refractivity contribution in [1.29, 1.82) is 0 Å². The molecule has 2 heterocycles.